The molecule has 1 aliphatic heterocycles. The summed E-state index contributed by atoms with van der Waals surface area (Å²) >= 11 is 0. The zero-order valence-electron chi connectivity index (χ0n) is 14.5. The summed E-state index contributed by atoms with van der Waals surface area (Å²) in [6.07, 6.45) is 2.60. The van der Waals surface area contributed by atoms with Gasteiger partial charge in [-0.1, -0.05) is 60.7 Å². The van der Waals surface area contributed by atoms with Crippen LogP contribution in [0, 0.1) is 0 Å². The van der Waals surface area contributed by atoms with E-state index in [1.807, 2.05) is 12.1 Å². The fourth-order valence-corrected chi connectivity index (χ4v) is 3.36. The maximum absolute atomic E-state index is 12.3. The highest BCUT2D eigenvalue weighted by atomic mass is 16.1. The first-order chi connectivity index (χ1) is 12.7. The highest BCUT2D eigenvalue weighted by Crippen LogP contribution is 2.25. The Labute approximate surface area is 153 Å². The highest BCUT2D eigenvalue weighted by molar-refractivity contribution is 6.15. The number of hydrogen-bond acceptors (Lipinski definition) is 2. The van der Waals surface area contributed by atoms with Crippen LogP contribution in [0.2, 0.25) is 0 Å². The summed E-state index contributed by atoms with van der Waals surface area (Å²) < 4.78 is 0. The smallest absolute Gasteiger partial charge is 0.277 e. The number of rotatable bonds is 4. The minimum absolute atomic E-state index is 0.207. The molecule has 0 fully saturated rings. The Balaban J connectivity index is 1.51. The van der Waals surface area contributed by atoms with E-state index in [1.165, 1.54) is 11.1 Å². The standard InChI is InChI=1S/C23H20N2O/c24-21-8-4-7-19-20(21)15-22(25-23(19)26)18-13-11-17(12-14-18)10-9-16-5-2-1-3-6-16/h1-8,11-14H,9-10,15,24H2. The van der Waals surface area contributed by atoms with Gasteiger partial charge in [-0.05, 0) is 47.2 Å². The Morgan fingerprint density at radius 2 is 1.50 bits per heavy atom. The van der Waals surface area contributed by atoms with E-state index in [2.05, 4.69) is 53.5 Å². The van der Waals surface area contributed by atoms with Crippen molar-refractivity contribution in [3.63, 3.8) is 0 Å². The number of benzene rings is 3. The Morgan fingerprint density at radius 1 is 0.808 bits per heavy atom. The number of nitrogen functional groups attached to an aromatic ring is 1. The number of hydrogen-bond donors (Lipinski definition) is 1. The van der Waals surface area contributed by atoms with Crippen LogP contribution in [-0.2, 0) is 19.3 Å². The third kappa shape index (κ3) is 3.29. The molecule has 2 N–H and O–H groups in total. The molecule has 0 bridgehead atoms. The Bertz CT molecular complexity index is 973. The van der Waals surface area contributed by atoms with Crippen molar-refractivity contribution in [3.05, 3.63) is 101 Å². The molecule has 0 atom stereocenters. The van der Waals surface area contributed by atoms with Crippen molar-refractivity contribution in [1.29, 1.82) is 0 Å². The van der Waals surface area contributed by atoms with Crippen molar-refractivity contribution in [2.45, 2.75) is 19.3 Å². The Hall–Kier alpha value is -3.20. The van der Waals surface area contributed by atoms with E-state index in [-0.39, 0.29) is 5.91 Å². The number of aliphatic imine (C=N–C) groups is 1. The molecule has 1 amide bonds. The predicted molar refractivity (Wildman–Crippen MR) is 106 cm³/mol. The largest absolute Gasteiger partial charge is 0.398 e. The second kappa shape index (κ2) is 6.96. The number of carbonyl (C=O) groups excluding carboxylic acids is 1. The molecule has 1 heterocycles. The van der Waals surface area contributed by atoms with Gasteiger partial charge < -0.3 is 5.73 Å². The second-order valence-corrected chi connectivity index (χ2v) is 6.60. The van der Waals surface area contributed by atoms with Crippen LogP contribution >= 0.6 is 0 Å². The molecule has 0 spiro atoms. The number of anilines is 1. The molecule has 3 aromatic carbocycles. The number of amides is 1. The molecule has 0 radical (unpaired) electrons. The van der Waals surface area contributed by atoms with E-state index < -0.39 is 0 Å². The molecule has 3 heteroatoms. The van der Waals surface area contributed by atoms with Gasteiger partial charge in [-0.2, -0.15) is 0 Å². The van der Waals surface area contributed by atoms with Gasteiger partial charge in [0.15, 0.2) is 0 Å². The fourth-order valence-electron chi connectivity index (χ4n) is 3.36. The van der Waals surface area contributed by atoms with Crippen LogP contribution in [0.4, 0.5) is 5.69 Å². The van der Waals surface area contributed by atoms with Gasteiger partial charge in [0.1, 0.15) is 0 Å². The second-order valence-electron chi connectivity index (χ2n) is 6.60. The lowest BCUT2D eigenvalue weighted by Gasteiger charge is -2.17. The van der Waals surface area contributed by atoms with E-state index in [0.29, 0.717) is 17.7 Å². The van der Waals surface area contributed by atoms with Gasteiger partial charge in [-0.3, -0.25) is 4.79 Å². The van der Waals surface area contributed by atoms with Crippen molar-refractivity contribution in [1.82, 2.24) is 0 Å². The molecule has 0 saturated carbocycles. The number of carbonyl (C=O) groups is 1. The normalized spacial score (nSPS) is 13.2. The summed E-state index contributed by atoms with van der Waals surface area (Å²) in [5.74, 6) is -0.207. The minimum Gasteiger partial charge on any atom is -0.398 e. The van der Waals surface area contributed by atoms with Crippen LogP contribution in [-0.4, -0.2) is 11.6 Å². The monoisotopic (exact) mass is 340 g/mol. The zero-order valence-corrected chi connectivity index (χ0v) is 14.5. The number of nitrogens with zero attached hydrogens (tertiary/aromatic N) is 1. The first kappa shape index (κ1) is 16.3. The number of fused-ring (bicyclic) bond motifs is 1. The molecule has 1 aliphatic rings. The van der Waals surface area contributed by atoms with Gasteiger partial charge in [0, 0.05) is 17.7 Å². The lowest BCUT2D eigenvalue weighted by Crippen LogP contribution is -2.19. The van der Waals surface area contributed by atoms with Crippen molar-refractivity contribution in [3.8, 4) is 0 Å². The van der Waals surface area contributed by atoms with E-state index in [0.717, 1.165) is 29.7 Å². The topological polar surface area (TPSA) is 55.4 Å². The van der Waals surface area contributed by atoms with Gasteiger partial charge >= 0.3 is 0 Å². The first-order valence-corrected chi connectivity index (χ1v) is 8.83. The van der Waals surface area contributed by atoms with E-state index in [1.54, 1.807) is 12.1 Å². The first-order valence-electron chi connectivity index (χ1n) is 8.83. The van der Waals surface area contributed by atoms with E-state index >= 15 is 0 Å². The molecule has 0 aliphatic carbocycles. The summed E-state index contributed by atoms with van der Waals surface area (Å²) in [5.41, 5.74) is 12.6. The minimum atomic E-state index is -0.207. The lowest BCUT2D eigenvalue weighted by atomic mass is 9.92. The van der Waals surface area contributed by atoms with Gasteiger partial charge in [0.05, 0.1) is 5.71 Å². The average molecular weight is 340 g/mol. The van der Waals surface area contributed by atoms with Gasteiger partial charge in [0.25, 0.3) is 5.91 Å². The molecule has 3 nitrogen and oxygen atoms in total. The quantitative estimate of drug-likeness (QED) is 0.722. The summed E-state index contributed by atoms with van der Waals surface area (Å²) in [6, 6.07) is 24.3. The predicted octanol–water partition coefficient (Wildman–Crippen LogP) is 4.24. The van der Waals surface area contributed by atoms with Crippen LogP contribution in [0.15, 0.2) is 77.8 Å². The van der Waals surface area contributed by atoms with E-state index in [9.17, 15) is 4.79 Å². The Morgan fingerprint density at radius 3 is 2.23 bits per heavy atom. The zero-order chi connectivity index (χ0) is 17.9. The highest BCUT2D eigenvalue weighted by Gasteiger charge is 2.21. The van der Waals surface area contributed by atoms with E-state index in [4.69, 9.17) is 5.73 Å². The summed E-state index contributed by atoms with van der Waals surface area (Å²) in [5, 5.41) is 0. The lowest BCUT2D eigenvalue weighted by molar-refractivity contribution is 0.100. The molecule has 0 aromatic heterocycles. The maximum Gasteiger partial charge on any atom is 0.277 e. The van der Waals surface area contributed by atoms with Crippen LogP contribution in [0.25, 0.3) is 0 Å². The van der Waals surface area contributed by atoms with Gasteiger partial charge in [-0.25, -0.2) is 4.99 Å². The summed E-state index contributed by atoms with van der Waals surface area (Å²) in [6.45, 7) is 0. The Kier molecular flexibility index (Phi) is 4.36. The van der Waals surface area contributed by atoms with Crippen molar-refractivity contribution in [2.75, 3.05) is 5.73 Å². The van der Waals surface area contributed by atoms with Gasteiger partial charge in [0.2, 0.25) is 0 Å². The molecule has 4 rings (SSSR count). The van der Waals surface area contributed by atoms with Crippen molar-refractivity contribution in [2.24, 2.45) is 4.99 Å². The van der Waals surface area contributed by atoms with Crippen LogP contribution in [0.3, 0.4) is 0 Å². The molecular weight excluding hydrogens is 320 g/mol. The number of aryl methyl sites for hydroxylation is 2. The SMILES string of the molecule is Nc1cccc2c1CC(c1ccc(CCc3ccccc3)cc1)=NC2=O. The third-order valence-electron chi connectivity index (χ3n) is 4.86. The van der Waals surface area contributed by atoms with Crippen LogP contribution in [0.1, 0.15) is 32.6 Å². The van der Waals surface area contributed by atoms with Crippen molar-refractivity contribution >= 4 is 17.3 Å². The van der Waals surface area contributed by atoms with Crippen LogP contribution < -0.4 is 5.73 Å². The molecule has 128 valence electrons. The summed E-state index contributed by atoms with van der Waals surface area (Å²) in [4.78, 5) is 16.6. The van der Waals surface area contributed by atoms with Crippen molar-refractivity contribution < 1.29 is 4.79 Å². The third-order valence-corrected chi connectivity index (χ3v) is 4.86. The molecule has 0 unspecified atom stereocenters. The molecule has 26 heavy (non-hydrogen) atoms. The fraction of sp³-hybridized carbons (Fsp3) is 0.130. The summed E-state index contributed by atoms with van der Waals surface area (Å²) in [7, 11) is 0. The van der Waals surface area contributed by atoms with Gasteiger partial charge in [-0.15, -0.1) is 0 Å². The molecule has 3 aromatic rings. The molecular formula is C23H20N2O. The average Bonchev–Trinajstić information content (AvgIpc) is 2.68. The maximum atomic E-state index is 12.3. The number of nitrogens with two attached hydrogens (primary N) is 1. The van der Waals surface area contributed by atoms with Crippen LogP contribution in [0.5, 0.6) is 0 Å². The molecule has 0 saturated heterocycles.